The lowest BCUT2D eigenvalue weighted by Gasteiger charge is -2.07. The van der Waals surface area contributed by atoms with E-state index in [1.807, 2.05) is 0 Å². The van der Waals surface area contributed by atoms with Crippen LogP contribution in [0, 0.1) is 11.6 Å². The van der Waals surface area contributed by atoms with Gasteiger partial charge in [-0.05, 0) is 31.9 Å². The number of carbonyl (C=O) groups is 1. The number of nitrogens with zero attached hydrogens (tertiary/aromatic N) is 1. The molecule has 0 unspecified atom stereocenters. The maximum Gasteiger partial charge on any atom is 0.165 e. The maximum atomic E-state index is 13.8. The minimum atomic E-state index is -0.951. The van der Waals surface area contributed by atoms with E-state index >= 15 is 0 Å². The van der Waals surface area contributed by atoms with Crippen molar-refractivity contribution in [3.8, 4) is 0 Å². The van der Waals surface area contributed by atoms with Gasteiger partial charge in [0.2, 0.25) is 0 Å². The molecule has 6 heteroatoms. The number of allylic oxidation sites excluding steroid dienone is 1. The van der Waals surface area contributed by atoms with E-state index in [1.165, 1.54) is 13.1 Å². The normalized spacial score (nSPS) is 16.4. The number of ketones is 1. The highest BCUT2D eigenvalue weighted by molar-refractivity contribution is 9.10. The Hall–Kier alpha value is -1.56. The molecule has 3 nitrogen and oxygen atoms in total. The summed E-state index contributed by atoms with van der Waals surface area (Å²) in [7, 11) is 0. The van der Waals surface area contributed by atoms with Crippen LogP contribution in [0.4, 0.5) is 8.78 Å². The van der Waals surface area contributed by atoms with Crippen LogP contribution in [0.5, 0.6) is 0 Å². The third-order valence-corrected chi connectivity index (χ3v) is 3.30. The Morgan fingerprint density at radius 3 is 2.40 bits per heavy atom. The summed E-state index contributed by atoms with van der Waals surface area (Å²) in [6, 6.07) is 2.17. The molecule has 0 heterocycles. The van der Waals surface area contributed by atoms with Crippen molar-refractivity contribution in [2.45, 2.75) is 25.8 Å². The zero-order valence-corrected chi connectivity index (χ0v) is 12.2. The van der Waals surface area contributed by atoms with Gasteiger partial charge in [0.1, 0.15) is 17.4 Å². The Kier molecular flexibility index (Phi) is 4.32. The molecule has 0 atom stereocenters. The van der Waals surface area contributed by atoms with E-state index in [2.05, 4.69) is 20.9 Å². The minimum absolute atomic E-state index is 0.136. The quantitative estimate of drug-likeness (QED) is 0.513. The fourth-order valence-corrected chi connectivity index (χ4v) is 2.03. The van der Waals surface area contributed by atoms with Crippen molar-refractivity contribution in [1.29, 1.82) is 0 Å². The SMILES string of the molecule is CC(=O)/C(C=NC1CC1)=C(\O)c1c(F)cc(Br)cc1F. The number of Topliss-reactive ketones (excluding diaryl/α,β-unsaturated/α-hetero) is 1. The van der Waals surface area contributed by atoms with E-state index in [0.29, 0.717) is 0 Å². The van der Waals surface area contributed by atoms with Gasteiger partial charge in [-0.1, -0.05) is 15.9 Å². The van der Waals surface area contributed by atoms with E-state index in [0.717, 1.165) is 25.0 Å². The molecule has 1 aliphatic rings. The first-order chi connectivity index (χ1) is 9.40. The van der Waals surface area contributed by atoms with Crippen LogP contribution in [-0.2, 0) is 4.79 Å². The molecule has 20 heavy (non-hydrogen) atoms. The molecule has 0 aliphatic heterocycles. The number of carbonyl (C=O) groups excluding carboxylic acids is 1. The van der Waals surface area contributed by atoms with Crippen molar-refractivity contribution in [2.75, 3.05) is 0 Å². The van der Waals surface area contributed by atoms with Gasteiger partial charge in [0.25, 0.3) is 0 Å². The van der Waals surface area contributed by atoms with E-state index in [9.17, 15) is 18.7 Å². The topological polar surface area (TPSA) is 49.7 Å². The largest absolute Gasteiger partial charge is 0.506 e. The Morgan fingerprint density at radius 1 is 1.40 bits per heavy atom. The summed E-state index contributed by atoms with van der Waals surface area (Å²) in [6.07, 6.45) is 3.03. The number of rotatable bonds is 4. The summed E-state index contributed by atoms with van der Waals surface area (Å²) in [6.45, 7) is 1.21. The van der Waals surface area contributed by atoms with Gasteiger partial charge in [0, 0.05) is 10.7 Å². The van der Waals surface area contributed by atoms with Crippen molar-refractivity contribution < 1.29 is 18.7 Å². The summed E-state index contributed by atoms with van der Waals surface area (Å²) in [5.74, 6) is -3.14. The summed E-state index contributed by atoms with van der Waals surface area (Å²) >= 11 is 2.95. The molecule has 1 aliphatic carbocycles. The molecule has 1 aromatic carbocycles. The van der Waals surface area contributed by atoms with Crippen LogP contribution in [-0.4, -0.2) is 23.1 Å². The summed E-state index contributed by atoms with van der Waals surface area (Å²) in [5, 5.41) is 10.0. The van der Waals surface area contributed by atoms with Gasteiger partial charge in [-0.2, -0.15) is 0 Å². The molecule has 0 radical (unpaired) electrons. The average Bonchev–Trinajstić information content (AvgIpc) is 3.11. The van der Waals surface area contributed by atoms with Gasteiger partial charge in [-0.25, -0.2) is 8.78 Å². The van der Waals surface area contributed by atoms with Crippen LogP contribution >= 0.6 is 15.9 Å². The Morgan fingerprint density at radius 2 is 1.95 bits per heavy atom. The molecule has 0 spiro atoms. The molecule has 106 valence electrons. The fourth-order valence-electron chi connectivity index (χ4n) is 1.63. The standard InChI is InChI=1S/C14H12BrF2NO2/c1-7(19)10(6-18-9-2-3-9)14(20)13-11(16)4-8(15)5-12(13)17/h4-6,9,20H,2-3H2,1H3/b14-10-,18-6?. The molecule has 0 saturated heterocycles. The Balaban J connectivity index is 2.51. The Labute approximate surface area is 123 Å². The highest BCUT2D eigenvalue weighted by atomic mass is 79.9. The second kappa shape index (κ2) is 5.83. The van der Waals surface area contributed by atoms with E-state index in [-0.39, 0.29) is 16.1 Å². The number of aliphatic hydroxyl groups excluding tert-OH is 1. The smallest absolute Gasteiger partial charge is 0.165 e. The molecular formula is C14H12BrF2NO2. The van der Waals surface area contributed by atoms with Crippen LogP contribution in [0.3, 0.4) is 0 Å². The van der Waals surface area contributed by atoms with E-state index in [1.54, 1.807) is 0 Å². The van der Waals surface area contributed by atoms with Crippen LogP contribution in [0.2, 0.25) is 0 Å². The molecule has 1 aromatic rings. The lowest BCUT2D eigenvalue weighted by Crippen LogP contribution is -2.06. The van der Waals surface area contributed by atoms with Crippen molar-refractivity contribution in [3.05, 3.63) is 39.4 Å². The molecule has 0 aromatic heterocycles. The minimum Gasteiger partial charge on any atom is -0.506 e. The van der Waals surface area contributed by atoms with Crippen molar-refractivity contribution in [3.63, 3.8) is 0 Å². The highest BCUT2D eigenvalue weighted by Gasteiger charge is 2.22. The Bertz CT molecular complexity index is 599. The van der Waals surface area contributed by atoms with Gasteiger partial charge in [-0.15, -0.1) is 0 Å². The summed E-state index contributed by atoms with van der Waals surface area (Å²) in [5.41, 5.74) is -0.822. The third-order valence-electron chi connectivity index (χ3n) is 2.84. The number of hydrogen-bond donors (Lipinski definition) is 1. The first kappa shape index (κ1) is 14.8. The maximum absolute atomic E-state index is 13.8. The predicted octanol–water partition coefficient (Wildman–Crippen LogP) is 3.82. The molecule has 2 rings (SSSR count). The number of halogens is 3. The monoisotopic (exact) mass is 343 g/mol. The number of aliphatic hydroxyl groups is 1. The van der Waals surface area contributed by atoms with Crippen molar-refractivity contribution >= 4 is 33.7 Å². The molecular weight excluding hydrogens is 332 g/mol. The summed E-state index contributed by atoms with van der Waals surface area (Å²) in [4.78, 5) is 15.6. The lowest BCUT2D eigenvalue weighted by atomic mass is 10.1. The first-order valence-electron chi connectivity index (χ1n) is 6.02. The van der Waals surface area contributed by atoms with Gasteiger partial charge >= 0.3 is 0 Å². The molecule has 0 bridgehead atoms. The second-order valence-corrected chi connectivity index (χ2v) is 5.49. The predicted molar refractivity (Wildman–Crippen MR) is 75.8 cm³/mol. The number of benzene rings is 1. The van der Waals surface area contributed by atoms with Crippen LogP contribution in [0.15, 0.2) is 27.2 Å². The van der Waals surface area contributed by atoms with Gasteiger partial charge in [-0.3, -0.25) is 9.79 Å². The van der Waals surface area contributed by atoms with Crippen LogP contribution in [0.1, 0.15) is 25.3 Å². The van der Waals surface area contributed by atoms with Crippen molar-refractivity contribution in [2.24, 2.45) is 4.99 Å². The van der Waals surface area contributed by atoms with Crippen LogP contribution in [0.25, 0.3) is 5.76 Å². The number of hydrogen-bond acceptors (Lipinski definition) is 3. The molecule has 1 N–H and O–H groups in total. The molecule has 0 amide bonds. The molecule has 1 saturated carbocycles. The van der Waals surface area contributed by atoms with Gasteiger partial charge in [0.15, 0.2) is 5.78 Å². The summed E-state index contributed by atoms with van der Waals surface area (Å²) < 4.78 is 27.8. The zero-order chi connectivity index (χ0) is 14.9. The van der Waals surface area contributed by atoms with Crippen molar-refractivity contribution in [1.82, 2.24) is 0 Å². The van der Waals surface area contributed by atoms with Gasteiger partial charge in [0.05, 0.1) is 17.2 Å². The fraction of sp³-hybridized carbons (Fsp3) is 0.286. The number of aliphatic imine (C=N–C) groups is 1. The average molecular weight is 344 g/mol. The third kappa shape index (κ3) is 3.30. The highest BCUT2D eigenvalue weighted by Crippen LogP contribution is 2.27. The van der Waals surface area contributed by atoms with E-state index in [4.69, 9.17) is 0 Å². The second-order valence-electron chi connectivity index (χ2n) is 4.57. The van der Waals surface area contributed by atoms with Crippen LogP contribution < -0.4 is 0 Å². The molecule has 1 fully saturated rings. The first-order valence-corrected chi connectivity index (χ1v) is 6.81. The van der Waals surface area contributed by atoms with Gasteiger partial charge < -0.3 is 5.11 Å². The zero-order valence-electron chi connectivity index (χ0n) is 10.7. The lowest BCUT2D eigenvalue weighted by molar-refractivity contribution is -0.113. The van der Waals surface area contributed by atoms with E-state index < -0.39 is 28.7 Å².